The van der Waals surface area contributed by atoms with Gasteiger partial charge in [0.1, 0.15) is 0 Å². The van der Waals surface area contributed by atoms with Gasteiger partial charge in [0.05, 0.1) is 17.1 Å². The topological polar surface area (TPSA) is 69.6 Å². The van der Waals surface area contributed by atoms with Crippen molar-refractivity contribution in [2.24, 2.45) is 0 Å². The van der Waals surface area contributed by atoms with Crippen LogP contribution in [0.5, 0.6) is 0 Å². The van der Waals surface area contributed by atoms with Crippen molar-refractivity contribution in [2.45, 2.75) is 6.92 Å². The normalized spacial score (nSPS) is 9.53. The zero-order valence-electron chi connectivity index (χ0n) is 10.3. The van der Waals surface area contributed by atoms with Crippen LogP contribution < -0.4 is 5.32 Å². The largest absolute Gasteiger partial charge is 0.478 e. The van der Waals surface area contributed by atoms with Crippen LogP contribution in [0, 0.1) is 12.3 Å². The number of carbonyl (C=O) groups excluding carboxylic acids is 1. The van der Waals surface area contributed by atoms with E-state index < -0.39 is 5.97 Å². The Morgan fingerprint density at radius 1 is 1.53 bits per heavy atom. The lowest BCUT2D eigenvalue weighted by Gasteiger charge is -2.18. The van der Waals surface area contributed by atoms with Gasteiger partial charge in [-0.2, -0.15) is 0 Å². The fourth-order valence-corrected chi connectivity index (χ4v) is 1.67. The molecular weight excluding hydrogens is 268 g/mol. The van der Waals surface area contributed by atoms with Gasteiger partial charge in [-0.25, -0.2) is 9.59 Å². The van der Waals surface area contributed by atoms with Gasteiger partial charge in [0.25, 0.3) is 0 Å². The summed E-state index contributed by atoms with van der Waals surface area (Å²) in [5.74, 6) is 1.26. The van der Waals surface area contributed by atoms with Gasteiger partial charge in [-0.05, 0) is 25.1 Å². The maximum absolute atomic E-state index is 11.8. The van der Waals surface area contributed by atoms with Gasteiger partial charge in [-0.1, -0.05) is 17.5 Å². The Balaban J connectivity index is 2.83. The number of terminal acetylenes is 1. The van der Waals surface area contributed by atoms with Crippen LogP contribution >= 0.6 is 11.6 Å². The molecule has 0 bridgehead atoms. The Labute approximate surface area is 116 Å². The molecule has 0 radical (unpaired) electrons. The number of rotatable bonds is 4. The van der Waals surface area contributed by atoms with Crippen molar-refractivity contribution in [1.29, 1.82) is 0 Å². The number of nitrogens with one attached hydrogen (secondary N) is 1. The Hall–Kier alpha value is -2.19. The lowest BCUT2D eigenvalue weighted by atomic mass is 10.2. The van der Waals surface area contributed by atoms with E-state index >= 15 is 0 Å². The van der Waals surface area contributed by atoms with E-state index in [1.807, 2.05) is 0 Å². The molecule has 1 rings (SSSR count). The molecule has 0 fully saturated rings. The van der Waals surface area contributed by atoms with Crippen LogP contribution in [-0.2, 0) is 0 Å². The van der Waals surface area contributed by atoms with Crippen LogP contribution in [0.1, 0.15) is 17.3 Å². The quantitative estimate of drug-likeness (QED) is 0.833. The fraction of sp³-hybridized carbons (Fsp3) is 0.231. The van der Waals surface area contributed by atoms with Crippen molar-refractivity contribution in [3.05, 3.63) is 28.8 Å². The third kappa shape index (κ3) is 3.90. The molecule has 2 amide bonds. The number of anilines is 1. The van der Waals surface area contributed by atoms with Crippen LogP contribution in [-0.4, -0.2) is 35.1 Å². The second-order valence-electron chi connectivity index (χ2n) is 3.65. The third-order valence-corrected chi connectivity index (χ3v) is 2.71. The smallest absolute Gasteiger partial charge is 0.337 e. The van der Waals surface area contributed by atoms with Crippen LogP contribution in [0.4, 0.5) is 10.5 Å². The van der Waals surface area contributed by atoms with Gasteiger partial charge < -0.3 is 15.3 Å². The van der Waals surface area contributed by atoms with Gasteiger partial charge in [0.15, 0.2) is 0 Å². The van der Waals surface area contributed by atoms with E-state index in [0.717, 1.165) is 0 Å². The summed E-state index contributed by atoms with van der Waals surface area (Å²) in [6, 6.07) is 3.82. The van der Waals surface area contributed by atoms with Crippen molar-refractivity contribution < 1.29 is 14.7 Å². The average molecular weight is 281 g/mol. The standard InChI is InChI=1S/C13H13ClN2O3/c1-3-7-16(4-2)13(19)15-9-5-6-10(12(17)18)11(14)8-9/h1,5-6,8H,4,7H2,2H3,(H,15,19)(H,17,18). The average Bonchev–Trinajstić information content (AvgIpc) is 2.35. The van der Waals surface area contributed by atoms with Crippen LogP contribution in [0.3, 0.4) is 0 Å². The highest BCUT2D eigenvalue weighted by Gasteiger charge is 2.13. The van der Waals surface area contributed by atoms with E-state index in [1.54, 1.807) is 6.92 Å². The van der Waals surface area contributed by atoms with Crippen LogP contribution in [0.25, 0.3) is 0 Å². The molecule has 1 aromatic carbocycles. The molecule has 0 heterocycles. The first kappa shape index (κ1) is 14.9. The second-order valence-corrected chi connectivity index (χ2v) is 4.06. The number of aromatic carboxylic acids is 1. The highest BCUT2D eigenvalue weighted by Crippen LogP contribution is 2.21. The van der Waals surface area contributed by atoms with Crippen molar-refractivity contribution in [3.63, 3.8) is 0 Å². The highest BCUT2D eigenvalue weighted by atomic mass is 35.5. The number of carboxylic acids is 1. The minimum Gasteiger partial charge on any atom is -0.478 e. The van der Waals surface area contributed by atoms with Gasteiger partial charge in [0, 0.05) is 12.2 Å². The molecule has 6 heteroatoms. The number of amides is 2. The van der Waals surface area contributed by atoms with Gasteiger partial charge in [0.2, 0.25) is 0 Å². The molecule has 0 aliphatic rings. The first-order valence-corrected chi connectivity index (χ1v) is 5.89. The lowest BCUT2D eigenvalue weighted by molar-refractivity contribution is 0.0697. The minimum absolute atomic E-state index is 0.0179. The monoisotopic (exact) mass is 280 g/mol. The molecule has 0 spiro atoms. The first-order valence-electron chi connectivity index (χ1n) is 5.51. The molecule has 0 saturated carbocycles. The fourth-order valence-electron chi connectivity index (χ4n) is 1.41. The number of hydrogen-bond acceptors (Lipinski definition) is 2. The molecule has 19 heavy (non-hydrogen) atoms. The van der Waals surface area contributed by atoms with Gasteiger partial charge in [-0.15, -0.1) is 6.42 Å². The van der Waals surface area contributed by atoms with E-state index in [1.165, 1.54) is 23.1 Å². The summed E-state index contributed by atoms with van der Waals surface area (Å²) in [4.78, 5) is 24.0. The van der Waals surface area contributed by atoms with Crippen molar-refractivity contribution in [2.75, 3.05) is 18.4 Å². The molecule has 0 aliphatic heterocycles. The van der Waals surface area contributed by atoms with Crippen molar-refractivity contribution in [3.8, 4) is 12.3 Å². The van der Waals surface area contributed by atoms with E-state index in [4.69, 9.17) is 23.1 Å². The number of carboxylic acid groups (broad SMARTS) is 1. The van der Waals surface area contributed by atoms with Gasteiger partial charge in [-0.3, -0.25) is 0 Å². The molecule has 0 atom stereocenters. The number of hydrogen-bond donors (Lipinski definition) is 2. The Morgan fingerprint density at radius 2 is 2.21 bits per heavy atom. The molecule has 0 aromatic heterocycles. The Morgan fingerprint density at radius 3 is 2.68 bits per heavy atom. The molecular formula is C13H13ClN2O3. The molecule has 0 aliphatic carbocycles. The zero-order valence-corrected chi connectivity index (χ0v) is 11.1. The van der Waals surface area contributed by atoms with Crippen LogP contribution in [0.2, 0.25) is 5.02 Å². The molecule has 1 aromatic rings. The summed E-state index contributed by atoms with van der Waals surface area (Å²) in [7, 11) is 0. The number of carbonyl (C=O) groups is 2. The zero-order chi connectivity index (χ0) is 14.4. The maximum atomic E-state index is 11.8. The SMILES string of the molecule is C#CCN(CC)C(=O)Nc1ccc(C(=O)O)c(Cl)c1. The first-order chi connectivity index (χ1) is 8.99. The van der Waals surface area contributed by atoms with E-state index in [2.05, 4.69) is 11.2 Å². The summed E-state index contributed by atoms with van der Waals surface area (Å²) < 4.78 is 0. The lowest BCUT2D eigenvalue weighted by Crippen LogP contribution is -2.35. The number of benzene rings is 1. The number of nitrogens with zero attached hydrogens (tertiary/aromatic N) is 1. The molecule has 0 saturated heterocycles. The summed E-state index contributed by atoms with van der Waals surface area (Å²) in [5.41, 5.74) is 0.395. The predicted molar refractivity (Wildman–Crippen MR) is 73.5 cm³/mol. The summed E-state index contributed by atoms with van der Waals surface area (Å²) in [6.07, 6.45) is 5.16. The summed E-state index contributed by atoms with van der Waals surface area (Å²) >= 11 is 5.80. The Kier molecular flexibility index (Phi) is 5.22. The maximum Gasteiger partial charge on any atom is 0.337 e. The third-order valence-electron chi connectivity index (χ3n) is 2.40. The van der Waals surface area contributed by atoms with E-state index in [-0.39, 0.29) is 23.2 Å². The molecule has 5 nitrogen and oxygen atoms in total. The second kappa shape index (κ2) is 6.66. The molecule has 100 valence electrons. The number of halogens is 1. The predicted octanol–water partition coefficient (Wildman–Crippen LogP) is 2.53. The summed E-state index contributed by atoms with van der Waals surface area (Å²) in [5, 5.41) is 11.5. The van der Waals surface area contributed by atoms with E-state index in [9.17, 15) is 9.59 Å². The number of urea groups is 1. The molecule has 0 unspecified atom stereocenters. The van der Waals surface area contributed by atoms with Crippen LogP contribution in [0.15, 0.2) is 18.2 Å². The molecule has 2 N–H and O–H groups in total. The van der Waals surface area contributed by atoms with Gasteiger partial charge >= 0.3 is 12.0 Å². The minimum atomic E-state index is -1.12. The van der Waals surface area contributed by atoms with E-state index in [0.29, 0.717) is 12.2 Å². The van der Waals surface area contributed by atoms with Crippen molar-refractivity contribution >= 4 is 29.3 Å². The highest BCUT2D eigenvalue weighted by molar-refractivity contribution is 6.33. The van der Waals surface area contributed by atoms with Crippen molar-refractivity contribution in [1.82, 2.24) is 4.90 Å². The Bertz CT molecular complexity index is 537. The summed E-state index contributed by atoms with van der Waals surface area (Å²) in [6.45, 7) is 2.47.